The first-order valence-corrected chi connectivity index (χ1v) is 18.1. The quantitative estimate of drug-likeness (QED) is 0.188. The number of carbonyl (C=O) groups is 1. The van der Waals surface area contributed by atoms with E-state index < -0.39 is 72.1 Å². The van der Waals surface area contributed by atoms with E-state index in [-0.39, 0.29) is 18.3 Å². The van der Waals surface area contributed by atoms with Gasteiger partial charge in [-0.2, -0.15) is 0 Å². The molecule has 0 aromatic heterocycles. The van der Waals surface area contributed by atoms with Gasteiger partial charge < -0.3 is 48.8 Å². The van der Waals surface area contributed by atoms with Gasteiger partial charge in [-0.05, 0) is 83.6 Å². The summed E-state index contributed by atoms with van der Waals surface area (Å²) in [7, 11) is 3.06. The van der Waals surface area contributed by atoms with E-state index in [1.54, 1.807) is 39.0 Å². The second kappa shape index (κ2) is 16.1. The molecule has 0 radical (unpaired) electrons. The highest BCUT2D eigenvalue weighted by Crippen LogP contribution is 2.47. The van der Waals surface area contributed by atoms with Gasteiger partial charge in [0.05, 0.1) is 56.3 Å². The van der Waals surface area contributed by atoms with E-state index >= 15 is 0 Å². The van der Waals surface area contributed by atoms with Crippen molar-refractivity contribution in [2.75, 3.05) is 14.2 Å². The summed E-state index contributed by atoms with van der Waals surface area (Å²) < 4.78 is 37.1. The van der Waals surface area contributed by atoms with E-state index in [0.29, 0.717) is 23.5 Å². The molecule has 2 aliphatic heterocycles. The highest BCUT2D eigenvalue weighted by atomic mass is 16.7. The summed E-state index contributed by atoms with van der Waals surface area (Å²) in [6, 6.07) is 9.35. The zero-order valence-corrected chi connectivity index (χ0v) is 32.3. The van der Waals surface area contributed by atoms with Crippen LogP contribution in [0, 0.1) is 44.4 Å². The lowest BCUT2D eigenvalue weighted by Gasteiger charge is -2.51. The highest BCUT2D eigenvalue weighted by molar-refractivity contribution is 5.70. The first-order chi connectivity index (χ1) is 23.8. The molecule has 51 heavy (non-hydrogen) atoms. The van der Waals surface area contributed by atoms with Crippen molar-refractivity contribution in [3.05, 3.63) is 58.1 Å². The van der Waals surface area contributed by atoms with Crippen molar-refractivity contribution in [2.45, 2.75) is 136 Å². The molecule has 2 aromatic carbocycles. The SMILES string of the molecule is CC[C@@H](O)[C@@](C)(O)[C@@H]1O[C@H](c2c(C)cc(C)cc2C)O[C@@H]([C@H](C)C[C@@](C)(O)[C@@H]2O[C@H](c3ccc(OC)c(OC)c3)O[C@H]([C@@H](C)C(=O)O)[C@@H]2C)[C@@H]1C. The molecule has 286 valence electrons. The van der Waals surface area contributed by atoms with Gasteiger partial charge in [-0.25, -0.2) is 0 Å². The van der Waals surface area contributed by atoms with Crippen LogP contribution in [0.5, 0.6) is 11.5 Å². The van der Waals surface area contributed by atoms with Gasteiger partial charge in [0.25, 0.3) is 0 Å². The molecule has 0 amide bonds. The fourth-order valence-electron chi connectivity index (χ4n) is 8.55. The van der Waals surface area contributed by atoms with Crippen molar-refractivity contribution in [1.82, 2.24) is 0 Å². The maximum Gasteiger partial charge on any atom is 0.308 e. The van der Waals surface area contributed by atoms with Gasteiger partial charge in [-0.1, -0.05) is 51.5 Å². The molecular weight excluding hydrogens is 656 g/mol. The number of hydrogen-bond acceptors (Lipinski definition) is 10. The van der Waals surface area contributed by atoms with E-state index in [0.717, 1.165) is 22.3 Å². The third-order valence-electron chi connectivity index (χ3n) is 11.2. The van der Waals surface area contributed by atoms with Crippen molar-refractivity contribution in [3.63, 3.8) is 0 Å². The molecule has 11 heteroatoms. The van der Waals surface area contributed by atoms with E-state index in [1.807, 2.05) is 48.5 Å². The van der Waals surface area contributed by atoms with Crippen LogP contribution in [0.2, 0.25) is 0 Å². The lowest BCUT2D eigenvalue weighted by atomic mass is 9.73. The number of rotatable bonds is 13. The van der Waals surface area contributed by atoms with Gasteiger partial charge in [0, 0.05) is 23.0 Å². The van der Waals surface area contributed by atoms with Crippen LogP contribution in [-0.4, -0.2) is 82.3 Å². The number of benzene rings is 2. The Kier molecular flexibility index (Phi) is 12.9. The predicted molar refractivity (Wildman–Crippen MR) is 192 cm³/mol. The largest absolute Gasteiger partial charge is 0.493 e. The molecule has 2 saturated heterocycles. The van der Waals surface area contributed by atoms with Crippen LogP contribution in [0.1, 0.15) is 102 Å². The number of ether oxygens (including phenoxy) is 6. The second-order valence-electron chi connectivity index (χ2n) is 15.4. The first-order valence-electron chi connectivity index (χ1n) is 18.1. The summed E-state index contributed by atoms with van der Waals surface area (Å²) in [6.07, 6.45) is -5.26. The topological polar surface area (TPSA) is 153 Å². The number of aryl methyl sites for hydroxylation is 3. The molecular formula is C40H60O11. The number of aliphatic hydroxyl groups is 3. The molecule has 4 rings (SSSR count). The average Bonchev–Trinajstić information content (AvgIpc) is 3.06. The molecule has 0 saturated carbocycles. The molecule has 13 atom stereocenters. The van der Waals surface area contributed by atoms with Crippen LogP contribution in [-0.2, 0) is 23.7 Å². The molecule has 0 unspecified atom stereocenters. The Morgan fingerprint density at radius 1 is 0.843 bits per heavy atom. The van der Waals surface area contributed by atoms with E-state index in [4.69, 9.17) is 28.4 Å². The fourth-order valence-corrected chi connectivity index (χ4v) is 8.55. The van der Waals surface area contributed by atoms with Gasteiger partial charge in [0.15, 0.2) is 24.1 Å². The molecule has 0 spiro atoms. The monoisotopic (exact) mass is 716 g/mol. The van der Waals surface area contributed by atoms with E-state index in [1.165, 1.54) is 14.2 Å². The standard InChI is InChI=1S/C40H60O11/c1-13-30(41)40(10,45)35-24(6)32(48-38(51-35)31-21(3)16-20(2)17-22(31)4)23(5)19-39(9,44)34-25(7)33(26(8)36(42)43)49-37(50-34)27-14-15-28(46-11)29(18-27)47-12/h14-18,23-26,30,32-35,37-38,41,44-45H,13,19H2,1-12H3,(H,42,43)/t23-,24+,25+,26-,30-,32+,33+,34-,35-,37-,38-,39-,40-/m1/s1. The highest BCUT2D eigenvalue weighted by Gasteiger charge is 2.53. The summed E-state index contributed by atoms with van der Waals surface area (Å²) in [5, 5.41) is 45.1. The van der Waals surface area contributed by atoms with Crippen molar-refractivity contribution in [3.8, 4) is 11.5 Å². The second-order valence-corrected chi connectivity index (χ2v) is 15.4. The third kappa shape index (κ3) is 8.40. The third-order valence-corrected chi connectivity index (χ3v) is 11.2. The smallest absolute Gasteiger partial charge is 0.308 e. The molecule has 2 aliphatic rings. The molecule has 0 aliphatic carbocycles. The van der Waals surface area contributed by atoms with Crippen LogP contribution in [0.15, 0.2) is 30.3 Å². The maximum atomic E-state index is 12.4. The Hall–Kier alpha value is -2.77. The van der Waals surface area contributed by atoms with Gasteiger partial charge in [-0.3, -0.25) is 4.79 Å². The van der Waals surface area contributed by atoms with Crippen LogP contribution in [0.4, 0.5) is 0 Å². The molecule has 2 fully saturated rings. The predicted octanol–water partition coefficient (Wildman–Crippen LogP) is 6.19. The van der Waals surface area contributed by atoms with Crippen LogP contribution in [0.25, 0.3) is 0 Å². The summed E-state index contributed by atoms with van der Waals surface area (Å²) in [5.74, 6) is -2.14. The van der Waals surface area contributed by atoms with Crippen molar-refractivity contribution >= 4 is 5.97 Å². The number of carboxylic acid groups (broad SMARTS) is 1. The first kappa shape index (κ1) is 41.0. The average molecular weight is 717 g/mol. The zero-order valence-electron chi connectivity index (χ0n) is 32.3. The summed E-state index contributed by atoms with van der Waals surface area (Å²) in [5.41, 5.74) is 1.47. The molecule has 2 aromatic rings. The number of methoxy groups -OCH3 is 2. The number of aliphatic carboxylic acids is 1. The summed E-state index contributed by atoms with van der Waals surface area (Å²) in [6.45, 7) is 18.5. The lowest BCUT2D eigenvalue weighted by molar-refractivity contribution is -0.328. The minimum Gasteiger partial charge on any atom is -0.493 e. The minimum absolute atomic E-state index is 0.202. The van der Waals surface area contributed by atoms with Crippen molar-refractivity contribution in [2.24, 2.45) is 23.7 Å². The zero-order chi connectivity index (χ0) is 38.2. The maximum absolute atomic E-state index is 12.4. The Morgan fingerprint density at radius 2 is 1.39 bits per heavy atom. The molecule has 0 bridgehead atoms. The Morgan fingerprint density at radius 3 is 1.94 bits per heavy atom. The molecule has 2 heterocycles. The van der Waals surface area contributed by atoms with Crippen LogP contribution >= 0.6 is 0 Å². The van der Waals surface area contributed by atoms with E-state index in [2.05, 4.69) is 12.1 Å². The summed E-state index contributed by atoms with van der Waals surface area (Å²) in [4.78, 5) is 12.3. The number of carboxylic acids is 1. The Labute approximate surface area is 303 Å². The van der Waals surface area contributed by atoms with Gasteiger partial charge in [0.2, 0.25) is 0 Å². The van der Waals surface area contributed by atoms with Gasteiger partial charge in [-0.15, -0.1) is 0 Å². The summed E-state index contributed by atoms with van der Waals surface area (Å²) >= 11 is 0. The van der Waals surface area contributed by atoms with Gasteiger partial charge in [0.1, 0.15) is 5.60 Å². The number of hydrogen-bond donors (Lipinski definition) is 4. The Bertz CT molecular complexity index is 1480. The van der Waals surface area contributed by atoms with Crippen LogP contribution < -0.4 is 9.47 Å². The number of aliphatic hydroxyl groups excluding tert-OH is 1. The molecule has 4 N–H and O–H groups in total. The normalized spacial score (nSPS) is 31.1. The van der Waals surface area contributed by atoms with Crippen LogP contribution in [0.3, 0.4) is 0 Å². The Balaban J connectivity index is 1.70. The van der Waals surface area contributed by atoms with Gasteiger partial charge >= 0.3 is 5.97 Å². The molecule has 11 nitrogen and oxygen atoms in total. The fraction of sp³-hybridized carbons (Fsp3) is 0.675. The van der Waals surface area contributed by atoms with Crippen molar-refractivity contribution < 1.29 is 53.6 Å². The minimum atomic E-state index is -1.59. The van der Waals surface area contributed by atoms with Crippen molar-refractivity contribution in [1.29, 1.82) is 0 Å². The lowest BCUT2D eigenvalue weighted by Crippen LogP contribution is -2.60. The van der Waals surface area contributed by atoms with E-state index in [9.17, 15) is 25.2 Å².